The smallest absolute Gasteiger partial charge is 0.106 e. The van der Waals surface area contributed by atoms with Crippen LogP contribution in [0.3, 0.4) is 0 Å². The summed E-state index contributed by atoms with van der Waals surface area (Å²) in [4.78, 5) is 5.82. The summed E-state index contributed by atoms with van der Waals surface area (Å²) in [6.07, 6.45) is 0. The fourth-order valence-corrected chi connectivity index (χ4v) is 2.79. The number of benzene rings is 1. The second-order valence-electron chi connectivity index (χ2n) is 3.77. The Balaban J connectivity index is 2.19. The Morgan fingerprint density at radius 2 is 2.33 bits per heavy atom. The van der Waals surface area contributed by atoms with Crippen molar-refractivity contribution in [1.82, 2.24) is 4.98 Å². The molecule has 0 radical (unpaired) electrons. The molecule has 0 bridgehead atoms. The molecule has 0 atom stereocenters. The van der Waals surface area contributed by atoms with Crippen molar-refractivity contribution in [2.75, 3.05) is 5.32 Å². The van der Waals surface area contributed by atoms with E-state index in [4.69, 9.17) is 18.0 Å². The number of nitrogens with zero attached hydrogens (tertiary/aromatic N) is 1. The summed E-state index contributed by atoms with van der Waals surface area (Å²) in [7, 11) is 0. The zero-order valence-electron chi connectivity index (χ0n) is 9.74. The van der Waals surface area contributed by atoms with E-state index in [1.807, 2.05) is 30.6 Å². The van der Waals surface area contributed by atoms with Gasteiger partial charge in [-0.1, -0.05) is 28.1 Å². The molecule has 2 aromatic rings. The van der Waals surface area contributed by atoms with Gasteiger partial charge in [0.15, 0.2) is 0 Å². The van der Waals surface area contributed by atoms with Gasteiger partial charge in [-0.3, -0.25) is 0 Å². The molecular weight excluding hydrogens is 330 g/mol. The fourth-order valence-electron chi connectivity index (χ4n) is 1.55. The Morgan fingerprint density at radius 3 is 2.94 bits per heavy atom. The summed E-state index contributed by atoms with van der Waals surface area (Å²) in [6.45, 7) is 2.73. The van der Waals surface area contributed by atoms with Gasteiger partial charge in [0.25, 0.3) is 0 Å². The Morgan fingerprint density at radius 1 is 1.56 bits per heavy atom. The first-order valence-corrected chi connectivity index (χ1v) is 7.38. The molecule has 0 aliphatic carbocycles. The van der Waals surface area contributed by atoms with Gasteiger partial charge in [0.1, 0.15) is 4.99 Å². The van der Waals surface area contributed by atoms with Crippen molar-refractivity contribution in [3.8, 4) is 0 Å². The third-order valence-electron chi connectivity index (χ3n) is 2.53. The molecular formula is C12H12BrN3S2. The van der Waals surface area contributed by atoms with E-state index in [9.17, 15) is 0 Å². The Hall–Kier alpha value is -0.980. The third-order valence-corrected chi connectivity index (χ3v) is 4.18. The van der Waals surface area contributed by atoms with Crippen molar-refractivity contribution >= 4 is 50.2 Å². The van der Waals surface area contributed by atoms with Crippen LogP contribution in [0.25, 0.3) is 0 Å². The van der Waals surface area contributed by atoms with Gasteiger partial charge >= 0.3 is 0 Å². The van der Waals surface area contributed by atoms with E-state index < -0.39 is 0 Å². The van der Waals surface area contributed by atoms with Gasteiger partial charge in [-0.25, -0.2) is 4.98 Å². The standard InChI is InChI=1S/C12H12BrN3S2/c1-7-11(18-6-16-7)5-15-10-3-2-8(13)4-9(10)12(14)17/h2-4,6,15H,5H2,1H3,(H2,14,17). The second kappa shape index (κ2) is 5.77. The van der Waals surface area contributed by atoms with Crippen molar-refractivity contribution in [3.63, 3.8) is 0 Å². The minimum absolute atomic E-state index is 0.389. The van der Waals surface area contributed by atoms with Gasteiger partial charge in [0.2, 0.25) is 0 Å². The van der Waals surface area contributed by atoms with Gasteiger partial charge in [0.05, 0.1) is 17.7 Å². The Kier molecular flexibility index (Phi) is 4.31. The van der Waals surface area contributed by atoms with Crippen LogP contribution in [0.2, 0.25) is 0 Å². The van der Waals surface area contributed by atoms with Crippen LogP contribution in [0.15, 0.2) is 28.2 Å². The number of thiazole rings is 1. The highest BCUT2D eigenvalue weighted by Gasteiger charge is 2.07. The maximum Gasteiger partial charge on any atom is 0.106 e. The maximum absolute atomic E-state index is 5.72. The van der Waals surface area contributed by atoms with Crippen LogP contribution in [0, 0.1) is 6.92 Å². The lowest BCUT2D eigenvalue weighted by Crippen LogP contribution is -2.13. The molecule has 0 saturated heterocycles. The number of anilines is 1. The molecule has 18 heavy (non-hydrogen) atoms. The third kappa shape index (κ3) is 3.07. The van der Waals surface area contributed by atoms with Crippen molar-refractivity contribution in [2.45, 2.75) is 13.5 Å². The predicted molar refractivity (Wildman–Crippen MR) is 84.2 cm³/mol. The van der Waals surface area contributed by atoms with Crippen LogP contribution in [0.1, 0.15) is 16.1 Å². The highest BCUT2D eigenvalue weighted by molar-refractivity contribution is 9.10. The van der Waals surface area contributed by atoms with E-state index >= 15 is 0 Å². The highest BCUT2D eigenvalue weighted by Crippen LogP contribution is 2.22. The van der Waals surface area contributed by atoms with Crippen LogP contribution in [0.4, 0.5) is 5.69 Å². The molecule has 0 amide bonds. The molecule has 0 spiro atoms. The zero-order valence-corrected chi connectivity index (χ0v) is 13.0. The van der Waals surface area contributed by atoms with E-state index in [2.05, 4.69) is 26.2 Å². The molecule has 1 aromatic carbocycles. The van der Waals surface area contributed by atoms with Crippen molar-refractivity contribution in [2.24, 2.45) is 5.73 Å². The van der Waals surface area contributed by atoms with Gasteiger partial charge in [-0.15, -0.1) is 11.3 Å². The summed E-state index contributed by atoms with van der Waals surface area (Å²) in [5.74, 6) is 0. The molecule has 0 fully saturated rings. The Bertz CT molecular complexity index is 580. The average Bonchev–Trinajstić information content (AvgIpc) is 2.73. The summed E-state index contributed by atoms with van der Waals surface area (Å²) >= 11 is 10.1. The molecule has 1 heterocycles. The molecule has 3 N–H and O–H groups in total. The topological polar surface area (TPSA) is 50.9 Å². The largest absolute Gasteiger partial charge is 0.389 e. The van der Waals surface area contributed by atoms with E-state index in [1.165, 1.54) is 4.88 Å². The van der Waals surface area contributed by atoms with Crippen molar-refractivity contribution in [3.05, 3.63) is 44.3 Å². The van der Waals surface area contributed by atoms with E-state index in [1.54, 1.807) is 11.3 Å². The quantitative estimate of drug-likeness (QED) is 0.836. The molecule has 2 rings (SSSR count). The second-order valence-corrected chi connectivity index (χ2v) is 6.06. The number of aromatic nitrogens is 1. The Labute approximate surface area is 124 Å². The molecule has 6 heteroatoms. The lowest BCUT2D eigenvalue weighted by Gasteiger charge is -2.11. The van der Waals surface area contributed by atoms with Crippen LogP contribution in [0.5, 0.6) is 0 Å². The lowest BCUT2D eigenvalue weighted by atomic mass is 10.1. The molecule has 94 valence electrons. The van der Waals surface area contributed by atoms with Crippen LogP contribution < -0.4 is 11.1 Å². The molecule has 1 aromatic heterocycles. The maximum atomic E-state index is 5.72. The molecule has 0 saturated carbocycles. The average molecular weight is 342 g/mol. The van der Waals surface area contributed by atoms with E-state index in [0.717, 1.165) is 28.0 Å². The van der Waals surface area contributed by atoms with Crippen molar-refractivity contribution in [1.29, 1.82) is 0 Å². The first-order chi connectivity index (χ1) is 8.58. The number of nitrogens with one attached hydrogen (secondary N) is 1. The van der Waals surface area contributed by atoms with E-state index in [0.29, 0.717) is 4.99 Å². The molecule has 0 unspecified atom stereocenters. The minimum Gasteiger partial charge on any atom is -0.389 e. The fraction of sp³-hybridized carbons (Fsp3) is 0.167. The first kappa shape index (κ1) is 13.5. The lowest BCUT2D eigenvalue weighted by molar-refractivity contribution is 1.12. The summed E-state index contributed by atoms with van der Waals surface area (Å²) in [5, 5.41) is 3.35. The van der Waals surface area contributed by atoms with Crippen LogP contribution in [-0.4, -0.2) is 9.97 Å². The summed E-state index contributed by atoms with van der Waals surface area (Å²) in [5.41, 5.74) is 10.4. The van der Waals surface area contributed by atoms with Crippen LogP contribution in [-0.2, 0) is 6.54 Å². The summed E-state index contributed by atoms with van der Waals surface area (Å²) < 4.78 is 0.963. The molecule has 0 aliphatic heterocycles. The molecule has 3 nitrogen and oxygen atoms in total. The highest BCUT2D eigenvalue weighted by atomic mass is 79.9. The number of halogens is 1. The normalized spacial score (nSPS) is 10.3. The summed E-state index contributed by atoms with van der Waals surface area (Å²) in [6, 6.07) is 5.85. The number of rotatable bonds is 4. The molecule has 0 aliphatic rings. The van der Waals surface area contributed by atoms with Gasteiger partial charge < -0.3 is 11.1 Å². The number of aryl methyl sites for hydroxylation is 1. The number of hydrogen-bond donors (Lipinski definition) is 2. The first-order valence-electron chi connectivity index (χ1n) is 5.30. The SMILES string of the molecule is Cc1ncsc1CNc1ccc(Br)cc1C(N)=S. The van der Waals surface area contributed by atoms with Gasteiger partial charge in [-0.05, 0) is 25.1 Å². The van der Waals surface area contributed by atoms with Crippen molar-refractivity contribution < 1.29 is 0 Å². The monoisotopic (exact) mass is 341 g/mol. The van der Waals surface area contributed by atoms with E-state index in [-0.39, 0.29) is 0 Å². The van der Waals surface area contributed by atoms with Gasteiger partial charge in [0, 0.05) is 20.6 Å². The number of thiocarbonyl (C=S) groups is 1. The number of hydrogen-bond acceptors (Lipinski definition) is 4. The van der Waals surface area contributed by atoms with Crippen LogP contribution >= 0.6 is 39.5 Å². The van der Waals surface area contributed by atoms with Gasteiger partial charge in [-0.2, -0.15) is 0 Å². The number of nitrogens with two attached hydrogens (primary N) is 1. The predicted octanol–water partition coefficient (Wildman–Crippen LogP) is 3.46. The minimum atomic E-state index is 0.389. The zero-order chi connectivity index (χ0) is 13.1.